The summed E-state index contributed by atoms with van der Waals surface area (Å²) in [5.74, 6) is 3.14. The molecule has 3 atom stereocenters. The van der Waals surface area contributed by atoms with Crippen LogP contribution in [0.25, 0.3) is 0 Å². The summed E-state index contributed by atoms with van der Waals surface area (Å²) in [5, 5.41) is 15.7. The van der Waals surface area contributed by atoms with E-state index in [1.807, 2.05) is 12.1 Å². The van der Waals surface area contributed by atoms with Gasteiger partial charge in [0.05, 0.1) is 31.5 Å². The third kappa shape index (κ3) is 8.85. The monoisotopic (exact) mass is 868 g/mol. The van der Waals surface area contributed by atoms with Crippen LogP contribution in [0.3, 0.4) is 0 Å². The Morgan fingerprint density at radius 3 is 2.44 bits per heavy atom. The molecule has 11 nitrogen and oxygen atoms in total. The number of aromatic hydroxyl groups is 1. The smallest absolute Gasteiger partial charge is 0.255 e. The van der Waals surface area contributed by atoms with Crippen molar-refractivity contribution in [2.45, 2.75) is 100 Å². The van der Waals surface area contributed by atoms with Crippen LogP contribution in [0.2, 0.25) is 0 Å². The largest absolute Gasteiger partial charge is 0.508 e. The summed E-state index contributed by atoms with van der Waals surface area (Å²) >= 11 is 0. The lowest BCUT2D eigenvalue weighted by molar-refractivity contribution is -0.120. The molecule has 6 aliphatic rings. The van der Waals surface area contributed by atoms with Gasteiger partial charge in [-0.1, -0.05) is 48.5 Å². The number of likely N-dealkylation sites (tertiary alicyclic amines) is 1. The van der Waals surface area contributed by atoms with Gasteiger partial charge < -0.3 is 44.5 Å². The fourth-order valence-electron chi connectivity index (χ4n) is 11.6. The molecule has 0 bridgehead atoms. The van der Waals surface area contributed by atoms with E-state index in [4.69, 9.17) is 14.2 Å². The Hall–Kier alpha value is -5.39. The van der Waals surface area contributed by atoms with E-state index in [-0.39, 0.29) is 28.7 Å². The summed E-state index contributed by atoms with van der Waals surface area (Å²) in [6.07, 6.45) is 11.1. The van der Waals surface area contributed by atoms with E-state index < -0.39 is 0 Å². The van der Waals surface area contributed by atoms with Gasteiger partial charge in [-0.3, -0.25) is 9.59 Å². The third-order valence-corrected chi connectivity index (χ3v) is 15.4. The summed E-state index contributed by atoms with van der Waals surface area (Å²) in [5.41, 5.74) is 9.52. The summed E-state index contributed by atoms with van der Waals surface area (Å²) in [4.78, 5) is 37.9. The molecular weight excluding hydrogens is 805 g/mol. The number of carbonyl (C=O) groups is 3. The number of rotatable bonds is 10. The first-order valence-corrected chi connectivity index (χ1v) is 23.6. The van der Waals surface area contributed by atoms with Gasteiger partial charge >= 0.3 is 0 Å². The molecular formula is C53H64N4O7. The van der Waals surface area contributed by atoms with Gasteiger partial charge in [-0.2, -0.15) is 0 Å². The molecule has 10 rings (SSSR count). The van der Waals surface area contributed by atoms with E-state index in [0.29, 0.717) is 61.3 Å². The molecule has 0 aromatic heterocycles. The van der Waals surface area contributed by atoms with Gasteiger partial charge in [0.2, 0.25) is 5.91 Å². The molecule has 338 valence electrons. The predicted molar refractivity (Wildman–Crippen MR) is 248 cm³/mol. The number of benzene rings is 4. The van der Waals surface area contributed by atoms with Crippen LogP contribution < -0.4 is 25.0 Å². The normalized spacial score (nSPS) is 22.9. The average Bonchev–Trinajstić information content (AvgIpc) is 3.90. The number of hydrogen-bond acceptors (Lipinski definition) is 9. The maximum Gasteiger partial charge on any atom is 0.255 e. The molecule has 0 saturated carbocycles. The second-order valence-corrected chi connectivity index (χ2v) is 19.0. The molecule has 2 spiro atoms. The van der Waals surface area contributed by atoms with Crippen LogP contribution in [-0.4, -0.2) is 93.8 Å². The van der Waals surface area contributed by atoms with Crippen LogP contribution in [0.4, 0.5) is 5.69 Å². The highest BCUT2D eigenvalue weighted by molar-refractivity contribution is 6.02. The van der Waals surface area contributed by atoms with Crippen LogP contribution in [0.1, 0.15) is 120 Å². The highest BCUT2D eigenvalue weighted by atomic mass is 16.5. The fraction of sp³-hybridized carbons (Fsp3) is 0.491. The number of ether oxygens (including phenoxy) is 3. The molecule has 0 radical (unpaired) electrons. The first-order chi connectivity index (χ1) is 31.2. The molecule has 5 heterocycles. The highest BCUT2D eigenvalue weighted by Crippen LogP contribution is 2.52. The van der Waals surface area contributed by atoms with Crippen molar-refractivity contribution >= 4 is 23.8 Å². The Morgan fingerprint density at radius 1 is 0.953 bits per heavy atom. The number of nitrogens with zero attached hydrogens (tertiary/aromatic N) is 2. The number of piperidine rings is 2. The van der Waals surface area contributed by atoms with Gasteiger partial charge in [-0.25, -0.2) is 0 Å². The molecule has 3 N–H and O–H groups in total. The van der Waals surface area contributed by atoms with Crippen molar-refractivity contribution in [3.8, 4) is 17.2 Å². The number of aryl methyl sites for hydroxylation is 1. The van der Waals surface area contributed by atoms with E-state index in [1.54, 1.807) is 14.2 Å². The SMILES string of the molecule is CNC(=O)CCCC=O.COc1cc2c(c3c1C(=O)NC3)OCC21CCN(CC2CCC3(CCN(c4ccc(C5c6ccc(O)cc6CCC5c5ccccc5)cc4)CC3)OC2)CC1. The van der Waals surface area contributed by atoms with Crippen LogP contribution in [0, 0.1) is 5.92 Å². The van der Waals surface area contributed by atoms with Gasteiger partial charge in [-0.15, -0.1) is 0 Å². The van der Waals surface area contributed by atoms with Crippen molar-refractivity contribution in [1.82, 2.24) is 15.5 Å². The lowest BCUT2D eigenvalue weighted by Gasteiger charge is -2.47. The lowest BCUT2D eigenvalue weighted by Crippen LogP contribution is -2.51. The summed E-state index contributed by atoms with van der Waals surface area (Å²) in [6, 6.07) is 28.4. The van der Waals surface area contributed by atoms with Crippen molar-refractivity contribution in [3.63, 3.8) is 0 Å². The number of carbonyl (C=O) groups excluding carboxylic acids is 3. The number of amides is 2. The third-order valence-electron chi connectivity index (χ3n) is 15.4. The van der Waals surface area contributed by atoms with Crippen LogP contribution in [0.15, 0.2) is 78.9 Å². The number of fused-ring (bicyclic) bond motifs is 5. The average molecular weight is 869 g/mol. The van der Waals surface area contributed by atoms with Crippen molar-refractivity contribution in [3.05, 3.63) is 118 Å². The molecule has 2 amide bonds. The quantitative estimate of drug-likeness (QED) is 0.108. The van der Waals surface area contributed by atoms with Crippen LogP contribution in [0.5, 0.6) is 17.2 Å². The van der Waals surface area contributed by atoms with Crippen LogP contribution >= 0.6 is 0 Å². The van der Waals surface area contributed by atoms with E-state index in [1.165, 1.54) is 39.9 Å². The number of unbranched alkanes of at least 4 members (excludes halogenated alkanes) is 1. The second-order valence-electron chi connectivity index (χ2n) is 19.0. The standard InChI is InChI=1S/C47H53N3O5.C6H11NO2/c1-53-41-26-40-44(39-27-48-45(52)43(39)41)54-30-46(40)17-21-49(22-18-46)28-31-15-16-47(55-29-31)19-23-50(24-20-47)35-10-7-33(8-11-35)42-37(32-5-3-2-4-6-32)13-9-34-25-36(51)12-14-38(34)42;1-7-6(9)4-2-3-5-8/h2-8,10-12,14,25-26,31,37,42,51H,9,13,15-24,27-30H2,1H3,(H,48,52);5H,2-4H2,1H3,(H,7,9). The maximum absolute atomic E-state index is 12.5. The van der Waals surface area contributed by atoms with E-state index in [9.17, 15) is 19.5 Å². The van der Waals surface area contributed by atoms with Gasteiger partial charge in [-0.05, 0) is 135 Å². The van der Waals surface area contributed by atoms with Gasteiger partial charge in [0.25, 0.3) is 5.91 Å². The number of methoxy groups -OCH3 is 1. The van der Waals surface area contributed by atoms with Gasteiger partial charge in [0.15, 0.2) is 0 Å². The number of phenolic OH excluding ortho intramolecular Hbond substituents is 1. The van der Waals surface area contributed by atoms with E-state index >= 15 is 0 Å². The van der Waals surface area contributed by atoms with E-state index in [2.05, 4.69) is 87.2 Å². The molecule has 4 aromatic rings. The molecule has 5 aliphatic heterocycles. The van der Waals surface area contributed by atoms with Gasteiger partial charge in [0.1, 0.15) is 23.5 Å². The Kier molecular flexibility index (Phi) is 13.0. The number of hydrogen-bond donors (Lipinski definition) is 3. The Balaban J connectivity index is 0.000000522. The van der Waals surface area contributed by atoms with Gasteiger partial charge in [0, 0.05) is 74.2 Å². The molecule has 3 unspecified atom stereocenters. The molecule has 1 aliphatic carbocycles. The fourth-order valence-corrected chi connectivity index (χ4v) is 11.6. The summed E-state index contributed by atoms with van der Waals surface area (Å²) in [6.45, 7) is 7.32. The number of anilines is 1. The minimum absolute atomic E-state index is 0.00203. The minimum atomic E-state index is -0.0656. The first-order valence-electron chi connectivity index (χ1n) is 23.6. The van der Waals surface area contributed by atoms with E-state index in [0.717, 1.165) is 102 Å². The number of phenols is 1. The Bertz CT molecular complexity index is 2290. The lowest BCUT2D eigenvalue weighted by atomic mass is 9.69. The van der Waals surface area contributed by atoms with Crippen LogP contribution in [-0.2, 0) is 32.7 Å². The van der Waals surface area contributed by atoms with Crippen molar-refractivity contribution in [2.24, 2.45) is 5.92 Å². The van der Waals surface area contributed by atoms with Crippen molar-refractivity contribution in [2.75, 3.05) is 65.0 Å². The first kappa shape index (κ1) is 43.8. The zero-order chi connectivity index (χ0) is 44.3. The Labute approximate surface area is 377 Å². The summed E-state index contributed by atoms with van der Waals surface area (Å²) in [7, 11) is 3.24. The van der Waals surface area contributed by atoms with Crippen molar-refractivity contribution in [1.29, 1.82) is 0 Å². The molecule has 3 fully saturated rings. The molecule has 4 aromatic carbocycles. The summed E-state index contributed by atoms with van der Waals surface area (Å²) < 4.78 is 18.8. The highest BCUT2D eigenvalue weighted by Gasteiger charge is 2.47. The topological polar surface area (TPSA) is 130 Å². The second kappa shape index (κ2) is 19.0. The minimum Gasteiger partial charge on any atom is -0.508 e. The predicted octanol–water partition coefficient (Wildman–Crippen LogP) is 7.80. The number of aldehydes is 1. The molecule has 11 heteroatoms. The number of nitrogens with one attached hydrogen (secondary N) is 2. The zero-order valence-electron chi connectivity index (χ0n) is 37.5. The Morgan fingerprint density at radius 2 is 1.73 bits per heavy atom. The molecule has 3 saturated heterocycles. The van der Waals surface area contributed by atoms with Crippen molar-refractivity contribution < 1.29 is 33.7 Å². The zero-order valence-corrected chi connectivity index (χ0v) is 37.5. The molecule has 64 heavy (non-hydrogen) atoms. The maximum atomic E-state index is 12.5.